The molecule has 0 bridgehead atoms. The zero-order valence-corrected chi connectivity index (χ0v) is 12.9. The summed E-state index contributed by atoms with van der Waals surface area (Å²) in [4.78, 5) is 3.91. The van der Waals surface area contributed by atoms with Gasteiger partial charge in [0.25, 0.3) is 0 Å². The molecule has 1 aromatic carbocycles. The van der Waals surface area contributed by atoms with Crippen molar-refractivity contribution in [2.75, 3.05) is 13.7 Å². The lowest BCUT2D eigenvalue weighted by Crippen LogP contribution is -2.23. The molecule has 0 fully saturated rings. The zero-order valence-electron chi connectivity index (χ0n) is 11.4. The van der Waals surface area contributed by atoms with Crippen molar-refractivity contribution in [3.63, 3.8) is 0 Å². The second kappa shape index (κ2) is 9.40. The molecule has 0 aliphatic rings. The van der Waals surface area contributed by atoms with E-state index in [0.717, 1.165) is 18.4 Å². The van der Waals surface area contributed by atoms with Crippen LogP contribution in [-0.2, 0) is 16.8 Å². The second-order valence-corrected chi connectivity index (χ2v) is 5.13. The first kappa shape index (κ1) is 19.4. The fourth-order valence-corrected chi connectivity index (χ4v) is 1.64. The van der Waals surface area contributed by atoms with Crippen LogP contribution in [-0.4, -0.2) is 37.1 Å². The summed E-state index contributed by atoms with van der Waals surface area (Å²) in [5.41, 5.74) is 11.6. The van der Waals surface area contributed by atoms with Gasteiger partial charge in [0.05, 0.1) is 12.1 Å². The highest BCUT2D eigenvalue weighted by Gasteiger charge is 2.01. The molecule has 0 unspecified atom stereocenters. The van der Waals surface area contributed by atoms with E-state index >= 15 is 0 Å². The fourth-order valence-electron chi connectivity index (χ4n) is 1.36. The van der Waals surface area contributed by atoms with E-state index in [9.17, 15) is 0 Å². The Labute approximate surface area is 128 Å². The molecule has 1 rings (SSSR count). The van der Waals surface area contributed by atoms with E-state index in [1.165, 1.54) is 0 Å². The summed E-state index contributed by atoms with van der Waals surface area (Å²) in [6.45, 7) is 0.631. The van der Waals surface area contributed by atoms with E-state index in [4.69, 9.17) is 45.3 Å². The van der Waals surface area contributed by atoms with Gasteiger partial charge in [0.2, 0.25) is 0 Å². The third-order valence-electron chi connectivity index (χ3n) is 2.13. The molecule has 0 aliphatic carbocycles. The Morgan fingerprint density at radius 2 is 1.95 bits per heavy atom. The largest absolute Gasteiger partial charge is 0.495 e. The normalized spacial score (nSPS) is 10.3. The van der Waals surface area contributed by atoms with Gasteiger partial charge in [-0.25, -0.2) is 0 Å². The topological polar surface area (TPSA) is 148 Å². The maximum absolute atomic E-state index is 8.74. The van der Waals surface area contributed by atoms with Gasteiger partial charge in [-0.1, -0.05) is 17.7 Å². The molecule has 0 heterocycles. The van der Waals surface area contributed by atoms with Crippen molar-refractivity contribution in [1.29, 1.82) is 0 Å². The smallest absolute Gasteiger partial charge is 0.394 e. The molecule has 0 radical (unpaired) electrons. The zero-order chi connectivity index (χ0) is 16.5. The van der Waals surface area contributed by atoms with Crippen LogP contribution in [0.25, 0.3) is 0 Å². The van der Waals surface area contributed by atoms with Crippen molar-refractivity contribution in [3.8, 4) is 5.75 Å². The lowest BCUT2D eigenvalue weighted by Gasteiger charge is -2.05. The first-order valence-electron chi connectivity index (χ1n) is 5.71. The van der Waals surface area contributed by atoms with Gasteiger partial charge in [-0.3, -0.25) is 14.1 Å². The van der Waals surface area contributed by atoms with Crippen LogP contribution in [0.5, 0.6) is 5.75 Å². The van der Waals surface area contributed by atoms with E-state index in [1.54, 1.807) is 7.11 Å². The number of halogens is 1. The Morgan fingerprint density at radius 3 is 2.38 bits per heavy atom. The second-order valence-electron chi connectivity index (χ2n) is 3.83. The van der Waals surface area contributed by atoms with E-state index in [-0.39, 0.29) is 5.96 Å². The molecular formula is C11H18ClN3O5S. The number of nitrogens with two attached hydrogens (primary N) is 2. The number of guanidine groups is 1. The molecule has 8 nitrogen and oxygen atoms in total. The van der Waals surface area contributed by atoms with Gasteiger partial charge < -0.3 is 16.2 Å². The molecule has 0 saturated heterocycles. The number of aliphatic imine (C=N–C) groups is 1. The number of hydrogen-bond donors (Lipinski definition) is 4. The van der Waals surface area contributed by atoms with Crippen molar-refractivity contribution < 1.29 is 22.3 Å². The molecule has 21 heavy (non-hydrogen) atoms. The molecule has 120 valence electrons. The highest BCUT2D eigenvalue weighted by Crippen LogP contribution is 2.25. The third kappa shape index (κ3) is 11.9. The number of aryl methyl sites for hydroxylation is 1. The summed E-state index contributed by atoms with van der Waals surface area (Å²) in [6, 6.07) is 5.74. The lowest BCUT2D eigenvalue weighted by molar-refractivity contribution is 0.381. The van der Waals surface area contributed by atoms with Crippen molar-refractivity contribution in [3.05, 3.63) is 28.8 Å². The molecule has 0 aliphatic heterocycles. The van der Waals surface area contributed by atoms with Gasteiger partial charge in [0.15, 0.2) is 5.96 Å². The number of ether oxygens (including phenoxy) is 1. The van der Waals surface area contributed by atoms with Crippen LogP contribution in [0.15, 0.2) is 23.2 Å². The van der Waals surface area contributed by atoms with Gasteiger partial charge in [-0.05, 0) is 30.5 Å². The third-order valence-corrected chi connectivity index (χ3v) is 2.43. The van der Waals surface area contributed by atoms with Crippen LogP contribution in [0.1, 0.15) is 12.0 Å². The van der Waals surface area contributed by atoms with E-state index in [2.05, 4.69) is 4.99 Å². The maximum Gasteiger partial charge on any atom is 0.394 e. The minimum absolute atomic E-state index is 0.132. The minimum Gasteiger partial charge on any atom is -0.495 e. The Bertz CT molecular complexity index is 565. The number of nitrogens with zero attached hydrogens (tertiary/aromatic N) is 1. The average molecular weight is 340 g/mol. The van der Waals surface area contributed by atoms with E-state index < -0.39 is 10.4 Å². The van der Waals surface area contributed by atoms with Gasteiger partial charge >= 0.3 is 10.4 Å². The average Bonchev–Trinajstić information content (AvgIpc) is 2.32. The van der Waals surface area contributed by atoms with E-state index in [1.807, 2.05) is 18.2 Å². The van der Waals surface area contributed by atoms with Gasteiger partial charge in [0.1, 0.15) is 5.75 Å². The molecule has 1 aromatic rings. The predicted octanol–water partition coefficient (Wildman–Crippen LogP) is 0.902. The number of rotatable bonds is 5. The Morgan fingerprint density at radius 1 is 1.38 bits per heavy atom. The number of methoxy groups -OCH3 is 1. The lowest BCUT2D eigenvalue weighted by atomic mass is 10.1. The molecule has 0 atom stereocenters. The first-order valence-corrected chi connectivity index (χ1v) is 7.48. The highest BCUT2D eigenvalue weighted by molar-refractivity contribution is 7.79. The van der Waals surface area contributed by atoms with Crippen molar-refractivity contribution in [2.45, 2.75) is 12.8 Å². The first-order chi connectivity index (χ1) is 9.63. The highest BCUT2D eigenvalue weighted by atomic mass is 35.5. The predicted molar refractivity (Wildman–Crippen MR) is 81.2 cm³/mol. The summed E-state index contributed by atoms with van der Waals surface area (Å²) in [7, 11) is -3.07. The monoisotopic (exact) mass is 339 g/mol. The van der Waals surface area contributed by atoms with Gasteiger partial charge in [-0.15, -0.1) is 0 Å². The number of hydrogen-bond acceptors (Lipinski definition) is 4. The van der Waals surface area contributed by atoms with E-state index in [0.29, 0.717) is 17.3 Å². The number of benzene rings is 1. The standard InChI is InChI=1S/C11H16ClN3O.H2O4S/c1-16-10-5-4-8(7-9(10)12)3-2-6-15-11(13)14;1-5(2,3)4/h4-5,7H,2-3,6H2,1H3,(H4,13,14,15);(H2,1,2,3,4). The maximum atomic E-state index is 8.74. The Balaban J connectivity index is 0.000000690. The van der Waals surface area contributed by atoms with Crippen LogP contribution in [0.2, 0.25) is 5.02 Å². The van der Waals surface area contributed by atoms with Crippen LogP contribution in [0, 0.1) is 0 Å². The molecule has 0 aromatic heterocycles. The van der Waals surface area contributed by atoms with Crippen molar-refractivity contribution in [1.82, 2.24) is 0 Å². The van der Waals surface area contributed by atoms with Crippen molar-refractivity contribution >= 4 is 28.0 Å². The summed E-state index contributed by atoms with van der Waals surface area (Å²) in [6.07, 6.45) is 1.78. The minimum atomic E-state index is -4.67. The summed E-state index contributed by atoms with van der Waals surface area (Å²) in [5.74, 6) is 0.822. The molecule has 6 N–H and O–H groups in total. The molecule has 10 heteroatoms. The quantitative estimate of drug-likeness (QED) is 0.269. The fraction of sp³-hybridized carbons (Fsp3) is 0.364. The SMILES string of the molecule is COc1ccc(CCCN=C(N)N)cc1Cl.O=S(=O)(O)O. The summed E-state index contributed by atoms with van der Waals surface area (Å²) < 4.78 is 36.7. The van der Waals surface area contributed by atoms with Crippen molar-refractivity contribution in [2.24, 2.45) is 16.5 Å². The summed E-state index contributed by atoms with van der Waals surface area (Å²) in [5, 5.41) is 0.627. The summed E-state index contributed by atoms with van der Waals surface area (Å²) >= 11 is 6.00. The molecule has 0 amide bonds. The van der Waals surface area contributed by atoms with Crippen LogP contribution >= 0.6 is 11.6 Å². The molecular weight excluding hydrogens is 322 g/mol. The Kier molecular flexibility index (Phi) is 8.70. The molecule has 0 saturated carbocycles. The van der Waals surface area contributed by atoms with Gasteiger partial charge in [-0.2, -0.15) is 8.42 Å². The van der Waals surface area contributed by atoms with Crippen LogP contribution < -0.4 is 16.2 Å². The molecule has 0 spiro atoms. The van der Waals surface area contributed by atoms with Crippen LogP contribution in [0.4, 0.5) is 0 Å². The Hall–Kier alpha value is -1.55. The van der Waals surface area contributed by atoms with Crippen LogP contribution in [0.3, 0.4) is 0 Å². The van der Waals surface area contributed by atoms with Gasteiger partial charge in [0, 0.05) is 6.54 Å².